The van der Waals surface area contributed by atoms with Gasteiger partial charge in [-0.25, -0.2) is 4.98 Å². The summed E-state index contributed by atoms with van der Waals surface area (Å²) < 4.78 is 1.20. The van der Waals surface area contributed by atoms with Crippen LogP contribution in [0.4, 0.5) is 0 Å². The van der Waals surface area contributed by atoms with E-state index in [1.165, 1.54) is 20.0 Å². The highest BCUT2D eigenvalue weighted by Crippen LogP contribution is 2.39. The zero-order valence-electron chi connectivity index (χ0n) is 15.8. The number of nitrogens with one attached hydrogen (secondary N) is 1. The number of hydrogen-bond acceptors (Lipinski definition) is 6. The van der Waals surface area contributed by atoms with Gasteiger partial charge in [-0.3, -0.25) is 9.69 Å². The molecule has 1 unspecified atom stereocenters. The van der Waals surface area contributed by atoms with Crippen LogP contribution in [0.1, 0.15) is 26.4 Å². The summed E-state index contributed by atoms with van der Waals surface area (Å²) in [4.78, 5) is 22.4. The first-order valence-corrected chi connectivity index (χ1v) is 12.3. The summed E-state index contributed by atoms with van der Waals surface area (Å²) in [5.41, 5.74) is 2.41. The van der Waals surface area contributed by atoms with Crippen LogP contribution in [0, 0.1) is 0 Å². The summed E-state index contributed by atoms with van der Waals surface area (Å²) in [6, 6.07) is 14.9. The molecular formula is C22H21N3OS3. The van der Waals surface area contributed by atoms with Crippen molar-refractivity contribution in [2.45, 2.75) is 18.9 Å². The lowest BCUT2D eigenvalue weighted by Crippen LogP contribution is -2.42. The average molecular weight is 440 g/mol. The molecule has 4 nitrogen and oxygen atoms in total. The molecule has 1 amide bonds. The van der Waals surface area contributed by atoms with Crippen molar-refractivity contribution < 1.29 is 4.79 Å². The van der Waals surface area contributed by atoms with Crippen molar-refractivity contribution in [2.24, 2.45) is 0 Å². The second-order valence-electron chi connectivity index (χ2n) is 7.11. The number of aromatic nitrogens is 1. The van der Waals surface area contributed by atoms with Gasteiger partial charge in [0.05, 0.1) is 27.8 Å². The summed E-state index contributed by atoms with van der Waals surface area (Å²) in [5, 5.41) is 8.46. The van der Waals surface area contributed by atoms with Gasteiger partial charge >= 0.3 is 0 Å². The van der Waals surface area contributed by atoms with Crippen LogP contribution in [0.15, 0.2) is 53.2 Å². The summed E-state index contributed by atoms with van der Waals surface area (Å²) in [6.07, 6.45) is 1.79. The minimum absolute atomic E-state index is 0.0892. The fraction of sp³-hybridized carbons (Fsp3) is 0.273. The minimum atomic E-state index is 0.0892. The molecule has 0 saturated heterocycles. The summed E-state index contributed by atoms with van der Waals surface area (Å²) in [6.45, 7) is 1.97. The molecule has 1 aromatic carbocycles. The molecule has 1 N–H and O–H groups in total. The van der Waals surface area contributed by atoms with Crippen molar-refractivity contribution in [1.82, 2.24) is 15.2 Å². The van der Waals surface area contributed by atoms with Gasteiger partial charge in [0.1, 0.15) is 0 Å². The van der Waals surface area contributed by atoms with Crippen LogP contribution in [0.2, 0.25) is 0 Å². The van der Waals surface area contributed by atoms with Crippen molar-refractivity contribution in [3.8, 4) is 0 Å². The molecule has 0 saturated carbocycles. The fourth-order valence-electron chi connectivity index (χ4n) is 3.89. The molecule has 0 fully saturated rings. The standard InChI is InChI=1S/C22H21N3OS3/c26-20(23-10-7-21-24-16-4-1-2-5-18(16)29-21)14-25-11-8-17-15(9-13-28-17)22(25)19-6-3-12-27-19/h1-6,9,12-13,22H,7-8,10-11,14H2,(H,23,26). The van der Waals surface area contributed by atoms with Crippen molar-refractivity contribution in [1.29, 1.82) is 0 Å². The summed E-state index contributed by atoms with van der Waals surface area (Å²) >= 11 is 5.31. The SMILES string of the molecule is O=C(CN1CCc2sccc2C1c1cccs1)NCCc1nc2ccccc2s1. The Morgan fingerprint density at radius 3 is 2.93 bits per heavy atom. The van der Waals surface area contributed by atoms with E-state index in [4.69, 9.17) is 0 Å². The van der Waals surface area contributed by atoms with Crippen molar-refractivity contribution in [3.05, 3.63) is 73.6 Å². The predicted molar refractivity (Wildman–Crippen MR) is 122 cm³/mol. The highest BCUT2D eigenvalue weighted by atomic mass is 32.1. The van der Waals surface area contributed by atoms with E-state index in [2.05, 4.69) is 50.2 Å². The first-order chi connectivity index (χ1) is 14.3. The Labute approximate surface area is 181 Å². The number of benzene rings is 1. The predicted octanol–water partition coefficient (Wildman–Crippen LogP) is 4.73. The van der Waals surface area contributed by atoms with Crippen LogP contribution < -0.4 is 5.32 Å². The molecule has 7 heteroatoms. The third-order valence-corrected chi connectivity index (χ3v) is 8.24. The van der Waals surface area contributed by atoms with Crippen LogP contribution in [-0.2, 0) is 17.6 Å². The van der Waals surface area contributed by atoms with Crippen molar-refractivity contribution >= 4 is 50.1 Å². The number of fused-ring (bicyclic) bond motifs is 2. The molecule has 1 atom stereocenters. The molecule has 4 aromatic rings. The molecule has 0 radical (unpaired) electrons. The van der Waals surface area contributed by atoms with Crippen LogP contribution >= 0.6 is 34.0 Å². The average Bonchev–Trinajstić information content (AvgIpc) is 3.47. The van der Waals surface area contributed by atoms with Gasteiger partial charge in [0, 0.05) is 29.3 Å². The van der Waals surface area contributed by atoms with Crippen molar-refractivity contribution in [2.75, 3.05) is 19.6 Å². The maximum absolute atomic E-state index is 12.7. The lowest BCUT2D eigenvalue weighted by Gasteiger charge is -2.34. The van der Waals surface area contributed by atoms with Gasteiger partial charge in [-0.15, -0.1) is 34.0 Å². The number of nitrogens with zero attached hydrogens (tertiary/aromatic N) is 2. The molecule has 1 aliphatic rings. The zero-order valence-corrected chi connectivity index (χ0v) is 18.3. The van der Waals surface area contributed by atoms with Crippen LogP contribution in [0.3, 0.4) is 0 Å². The number of carbonyl (C=O) groups is 1. The number of thiazole rings is 1. The van der Waals surface area contributed by atoms with E-state index < -0.39 is 0 Å². The van der Waals surface area contributed by atoms with E-state index in [9.17, 15) is 4.79 Å². The second-order valence-corrected chi connectivity index (χ2v) is 10.2. The normalized spacial score (nSPS) is 16.8. The van der Waals surface area contributed by atoms with Gasteiger partial charge in [-0.05, 0) is 47.0 Å². The Hall–Kier alpha value is -2.06. The lowest BCUT2D eigenvalue weighted by molar-refractivity contribution is -0.122. The molecule has 0 spiro atoms. The Kier molecular flexibility index (Phi) is 5.46. The van der Waals surface area contributed by atoms with Crippen LogP contribution in [-0.4, -0.2) is 35.4 Å². The van der Waals surface area contributed by atoms with E-state index in [0.29, 0.717) is 13.1 Å². The van der Waals surface area contributed by atoms with Gasteiger partial charge in [-0.2, -0.15) is 0 Å². The minimum Gasteiger partial charge on any atom is -0.355 e. The van der Waals surface area contributed by atoms with E-state index >= 15 is 0 Å². The molecular weight excluding hydrogens is 418 g/mol. The maximum Gasteiger partial charge on any atom is 0.234 e. The summed E-state index contributed by atoms with van der Waals surface area (Å²) in [5.74, 6) is 0.0892. The molecule has 1 aliphatic heterocycles. The largest absolute Gasteiger partial charge is 0.355 e. The topological polar surface area (TPSA) is 45.2 Å². The molecule has 5 rings (SSSR count). The number of para-hydroxylation sites is 1. The van der Waals surface area contributed by atoms with Crippen LogP contribution in [0.25, 0.3) is 10.2 Å². The number of hydrogen-bond donors (Lipinski definition) is 1. The molecule has 4 heterocycles. The lowest BCUT2D eigenvalue weighted by atomic mass is 9.98. The zero-order chi connectivity index (χ0) is 19.6. The van der Waals surface area contributed by atoms with Gasteiger partial charge in [-0.1, -0.05) is 18.2 Å². The first kappa shape index (κ1) is 18.9. The number of rotatable bonds is 6. The van der Waals surface area contributed by atoms with Gasteiger partial charge in [0.2, 0.25) is 5.91 Å². The van der Waals surface area contributed by atoms with Gasteiger partial charge in [0.15, 0.2) is 0 Å². The van der Waals surface area contributed by atoms with Gasteiger partial charge in [0.25, 0.3) is 0 Å². The third kappa shape index (κ3) is 4.00. The fourth-order valence-corrected chi connectivity index (χ4v) is 6.64. The Balaban J connectivity index is 1.22. The van der Waals surface area contributed by atoms with E-state index in [1.807, 2.05) is 29.5 Å². The number of amides is 1. The molecule has 3 aromatic heterocycles. The maximum atomic E-state index is 12.7. The Bertz CT molecular complexity index is 1080. The third-order valence-electron chi connectivity index (χ3n) is 5.22. The van der Waals surface area contributed by atoms with E-state index in [-0.39, 0.29) is 11.9 Å². The number of thiophene rings is 2. The molecule has 0 bridgehead atoms. The monoisotopic (exact) mass is 439 g/mol. The molecule has 148 valence electrons. The van der Waals surface area contributed by atoms with Crippen molar-refractivity contribution in [3.63, 3.8) is 0 Å². The second kappa shape index (κ2) is 8.36. The Morgan fingerprint density at radius 2 is 2.07 bits per heavy atom. The quantitative estimate of drug-likeness (QED) is 0.473. The summed E-state index contributed by atoms with van der Waals surface area (Å²) in [7, 11) is 0. The molecule has 29 heavy (non-hydrogen) atoms. The highest BCUT2D eigenvalue weighted by molar-refractivity contribution is 7.18. The smallest absolute Gasteiger partial charge is 0.234 e. The van der Waals surface area contributed by atoms with E-state index in [1.54, 1.807) is 22.7 Å². The van der Waals surface area contributed by atoms with E-state index in [0.717, 1.165) is 29.9 Å². The van der Waals surface area contributed by atoms with Gasteiger partial charge < -0.3 is 5.32 Å². The Morgan fingerprint density at radius 1 is 1.14 bits per heavy atom. The first-order valence-electron chi connectivity index (χ1n) is 9.73. The van der Waals surface area contributed by atoms with Crippen LogP contribution in [0.5, 0.6) is 0 Å². The highest BCUT2D eigenvalue weighted by Gasteiger charge is 2.31. The molecule has 0 aliphatic carbocycles. The number of carbonyl (C=O) groups excluding carboxylic acids is 1.